The lowest BCUT2D eigenvalue weighted by Crippen LogP contribution is -2.46. The first-order chi connectivity index (χ1) is 22.6. The number of fused-ring (bicyclic) bond motifs is 1. The number of hydrogen-bond donors (Lipinski definition) is 1. The molecule has 1 fully saturated rings. The average molecular weight is 669 g/mol. The van der Waals surface area contributed by atoms with Gasteiger partial charge in [-0.05, 0) is 67.3 Å². The minimum atomic E-state index is -3.88. The fourth-order valence-corrected chi connectivity index (χ4v) is 6.57. The van der Waals surface area contributed by atoms with E-state index in [1.165, 1.54) is 17.0 Å². The summed E-state index contributed by atoms with van der Waals surface area (Å²) in [5, 5.41) is 9.68. The summed E-state index contributed by atoms with van der Waals surface area (Å²) >= 11 is 0. The maximum absolute atomic E-state index is 12.6. The number of carboxylic acid groups (broad SMARTS) is 1. The number of benzene rings is 3. The third-order valence-corrected chi connectivity index (χ3v) is 9.53. The van der Waals surface area contributed by atoms with Crippen LogP contribution in [0.4, 0.5) is 10.5 Å². The number of piperidine rings is 1. The second-order valence-electron chi connectivity index (χ2n) is 11.5. The molecule has 0 radical (unpaired) electrons. The Morgan fingerprint density at radius 2 is 1.79 bits per heavy atom. The second kappa shape index (κ2) is 15.6. The van der Waals surface area contributed by atoms with E-state index in [0.717, 1.165) is 16.7 Å². The molecule has 1 saturated heterocycles. The van der Waals surface area contributed by atoms with Crippen molar-refractivity contribution in [3.8, 4) is 11.5 Å². The summed E-state index contributed by atoms with van der Waals surface area (Å²) in [5.74, 6) is 0.977. The van der Waals surface area contributed by atoms with Crippen molar-refractivity contribution >= 4 is 27.8 Å². The van der Waals surface area contributed by atoms with Crippen molar-refractivity contribution in [1.82, 2.24) is 4.90 Å². The Kier molecular flexibility index (Phi) is 11.4. The van der Waals surface area contributed by atoms with Crippen LogP contribution in [0.2, 0.25) is 0 Å². The highest BCUT2D eigenvalue weighted by Gasteiger charge is 2.33. The van der Waals surface area contributed by atoms with Gasteiger partial charge in [0, 0.05) is 32.7 Å². The second-order valence-corrected chi connectivity index (χ2v) is 13.1. The fraction of sp³-hybridized carbons (Fsp3) is 0.412. The molecule has 0 aliphatic carbocycles. The number of carbonyl (C=O) groups excluding carboxylic acids is 1. The number of amides is 2. The molecule has 2 aliphatic rings. The van der Waals surface area contributed by atoms with Gasteiger partial charge in [0.15, 0.2) is 6.61 Å². The molecule has 2 amide bonds. The number of aryl methyl sites for hydroxylation is 1. The van der Waals surface area contributed by atoms with Gasteiger partial charge < -0.3 is 33.9 Å². The fourth-order valence-electron chi connectivity index (χ4n) is 5.68. The van der Waals surface area contributed by atoms with Gasteiger partial charge in [0.25, 0.3) is 16.0 Å². The molecule has 0 saturated carbocycles. The number of rotatable bonds is 14. The zero-order valence-electron chi connectivity index (χ0n) is 26.5. The van der Waals surface area contributed by atoms with E-state index in [1.807, 2.05) is 37.3 Å². The van der Waals surface area contributed by atoms with Gasteiger partial charge in [-0.25, -0.2) is 4.79 Å². The standard InChI is InChI=1S/C34H40N2O10S/c1-24-4-11-28(12-5-24)47(40,41)46-19-18-43-27-9-7-26(8-10-27)29-14-16-35(34(38)39)21-32(29)44-22-25-6-13-31-30(20-25)36(15-3-17-42-2)33(37)23-45-31/h4-13,20,29,32H,3,14-19,21-23H2,1-2H3,(H,38,39). The van der Waals surface area contributed by atoms with E-state index in [0.29, 0.717) is 49.7 Å². The van der Waals surface area contributed by atoms with Gasteiger partial charge >= 0.3 is 6.09 Å². The first-order valence-electron chi connectivity index (χ1n) is 15.5. The largest absolute Gasteiger partial charge is 0.491 e. The number of methoxy groups -OCH3 is 1. The number of likely N-dealkylation sites (tertiary alicyclic amines) is 1. The molecule has 3 aromatic rings. The molecule has 252 valence electrons. The molecule has 2 heterocycles. The van der Waals surface area contributed by atoms with E-state index < -0.39 is 22.3 Å². The van der Waals surface area contributed by atoms with Gasteiger partial charge in [-0.15, -0.1) is 0 Å². The summed E-state index contributed by atoms with van der Waals surface area (Å²) in [4.78, 5) is 27.6. The van der Waals surface area contributed by atoms with Gasteiger partial charge in [0.1, 0.15) is 24.7 Å². The molecule has 0 bridgehead atoms. The van der Waals surface area contributed by atoms with Gasteiger partial charge in [-0.1, -0.05) is 35.9 Å². The molecule has 12 nitrogen and oxygen atoms in total. The van der Waals surface area contributed by atoms with Crippen LogP contribution in [0.1, 0.15) is 35.4 Å². The van der Waals surface area contributed by atoms with Crippen LogP contribution in [0, 0.1) is 6.92 Å². The molecule has 47 heavy (non-hydrogen) atoms. The number of carbonyl (C=O) groups is 2. The maximum atomic E-state index is 12.6. The van der Waals surface area contributed by atoms with Gasteiger partial charge in [0.05, 0.1) is 29.8 Å². The number of nitrogens with zero attached hydrogens (tertiary/aromatic N) is 2. The minimum absolute atomic E-state index is 0.0157. The van der Waals surface area contributed by atoms with Crippen molar-refractivity contribution in [1.29, 1.82) is 0 Å². The van der Waals surface area contributed by atoms with E-state index in [1.54, 1.807) is 36.3 Å². The average Bonchev–Trinajstić information content (AvgIpc) is 3.07. The Hall–Kier alpha value is -4.17. The monoisotopic (exact) mass is 668 g/mol. The molecule has 0 aromatic heterocycles. The van der Waals surface area contributed by atoms with Crippen LogP contribution in [0.3, 0.4) is 0 Å². The highest BCUT2D eigenvalue weighted by Crippen LogP contribution is 2.35. The SMILES string of the molecule is COCCCN1C(=O)COc2ccc(COC3CN(C(=O)O)CCC3c3ccc(OCCOS(=O)(=O)c4ccc(C)cc4)cc3)cc21. The number of anilines is 1. The highest BCUT2D eigenvalue weighted by molar-refractivity contribution is 7.86. The van der Waals surface area contributed by atoms with E-state index in [-0.39, 0.29) is 49.7 Å². The third-order valence-electron chi connectivity index (χ3n) is 8.20. The smallest absolute Gasteiger partial charge is 0.407 e. The Morgan fingerprint density at radius 1 is 1.02 bits per heavy atom. The van der Waals surface area contributed by atoms with E-state index in [2.05, 4.69) is 0 Å². The minimum Gasteiger partial charge on any atom is -0.491 e. The quantitative estimate of drug-likeness (QED) is 0.192. The van der Waals surface area contributed by atoms with Crippen molar-refractivity contribution in [2.45, 2.75) is 43.3 Å². The molecule has 1 N–H and O–H groups in total. The summed E-state index contributed by atoms with van der Waals surface area (Å²) in [6, 6.07) is 19.4. The normalized spacial score (nSPS) is 18.0. The third kappa shape index (κ3) is 8.80. The van der Waals surface area contributed by atoms with Crippen molar-refractivity contribution in [2.75, 3.05) is 58.1 Å². The predicted octanol–water partition coefficient (Wildman–Crippen LogP) is 4.59. The van der Waals surface area contributed by atoms with Gasteiger partial charge in [-0.3, -0.25) is 8.98 Å². The molecular weight excluding hydrogens is 628 g/mol. The summed E-state index contributed by atoms with van der Waals surface area (Å²) in [5.41, 5.74) is 3.44. The topological polar surface area (TPSA) is 141 Å². The zero-order chi connectivity index (χ0) is 33.4. The summed E-state index contributed by atoms with van der Waals surface area (Å²) < 4.78 is 52.8. The molecule has 13 heteroatoms. The Morgan fingerprint density at radius 3 is 2.51 bits per heavy atom. The first kappa shape index (κ1) is 34.2. The molecular formula is C34H40N2O10S. The Bertz CT molecular complexity index is 1630. The van der Waals surface area contributed by atoms with Crippen LogP contribution in [-0.2, 0) is 35.2 Å². The van der Waals surface area contributed by atoms with E-state index in [4.69, 9.17) is 23.1 Å². The molecule has 2 aliphatic heterocycles. The van der Waals surface area contributed by atoms with Crippen LogP contribution in [-0.4, -0.2) is 89.7 Å². The summed E-state index contributed by atoms with van der Waals surface area (Å²) in [7, 11) is -2.25. The first-order valence-corrected chi connectivity index (χ1v) is 16.9. The van der Waals surface area contributed by atoms with Crippen molar-refractivity contribution in [2.24, 2.45) is 0 Å². The van der Waals surface area contributed by atoms with E-state index >= 15 is 0 Å². The van der Waals surface area contributed by atoms with E-state index in [9.17, 15) is 23.1 Å². The molecule has 3 aromatic carbocycles. The van der Waals surface area contributed by atoms with Crippen molar-refractivity contribution in [3.05, 3.63) is 83.4 Å². The van der Waals surface area contributed by atoms with Crippen LogP contribution >= 0.6 is 0 Å². The van der Waals surface area contributed by atoms with Crippen LogP contribution in [0.15, 0.2) is 71.6 Å². The lowest BCUT2D eigenvalue weighted by atomic mass is 9.87. The van der Waals surface area contributed by atoms with Crippen LogP contribution in [0.5, 0.6) is 11.5 Å². The van der Waals surface area contributed by atoms with Crippen LogP contribution < -0.4 is 14.4 Å². The maximum Gasteiger partial charge on any atom is 0.407 e. The summed E-state index contributed by atoms with van der Waals surface area (Å²) in [6.45, 7) is 3.59. The predicted molar refractivity (Wildman–Crippen MR) is 173 cm³/mol. The molecule has 5 rings (SSSR count). The lowest BCUT2D eigenvalue weighted by molar-refractivity contribution is -0.121. The Balaban J connectivity index is 1.20. The van der Waals surface area contributed by atoms with Gasteiger partial charge in [-0.2, -0.15) is 8.42 Å². The van der Waals surface area contributed by atoms with Crippen LogP contribution in [0.25, 0.3) is 0 Å². The lowest BCUT2D eigenvalue weighted by Gasteiger charge is -2.37. The number of ether oxygens (including phenoxy) is 4. The highest BCUT2D eigenvalue weighted by atomic mass is 32.2. The number of hydrogen-bond acceptors (Lipinski definition) is 9. The molecule has 0 spiro atoms. The summed E-state index contributed by atoms with van der Waals surface area (Å²) in [6.07, 6.45) is -0.158. The molecule has 2 unspecified atom stereocenters. The van der Waals surface area contributed by atoms with Crippen molar-refractivity contribution < 1.29 is 46.2 Å². The Labute approximate surface area is 274 Å². The van der Waals surface area contributed by atoms with Crippen molar-refractivity contribution in [3.63, 3.8) is 0 Å². The van der Waals surface area contributed by atoms with Gasteiger partial charge in [0.2, 0.25) is 0 Å². The zero-order valence-corrected chi connectivity index (χ0v) is 27.3. The molecule has 2 atom stereocenters.